The van der Waals surface area contributed by atoms with Crippen LogP contribution in [-0.4, -0.2) is 29.7 Å². The largest absolute Gasteiger partial charge is 0.297 e. The van der Waals surface area contributed by atoms with Crippen LogP contribution in [0, 0.1) is 0 Å². The molecule has 0 saturated carbocycles. The monoisotopic (exact) mass is 264 g/mol. The van der Waals surface area contributed by atoms with Gasteiger partial charge in [0, 0.05) is 32.0 Å². The van der Waals surface area contributed by atoms with Crippen molar-refractivity contribution < 1.29 is 0 Å². The maximum absolute atomic E-state index is 3.79. The van der Waals surface area contributed by atoms with E-state index >= 15 is 0 Å². The normalized spacial score (nSPS) is 26.2. The number of fused-ring (bicyclic) bond motifs is 1. The average Bonchev–Trinajstić information content (AvgIpc) is 3.21. The molecule has 0 radical (unpaired) electrons. The fourth-order valence-electron chi connectivity index (χ4n) is 3.55. The van der Waals surface area contributed by atoms with Gasteiger partial charge in [0.2, 0.25) is 0 Å². The van der Waals surface area contributed by atoms with Gasteiger partial charge in [-0.2, -0.15) is 0 Å². The van der Waals surface area contributed by atoms with Gasteiger partial charge in [-0.25, -0.2) is 0 Å². The van der Waals surface area contributed by atoms with E-state index in [-0.39, 0.29) is 5.66 Å². The quantitative estimate of drug-likeness (QED) is 0.853. The second-order valence-electron chi connectivity index (χ2n) is 6.04. The Balaban J connectivity index is 1.62. The van der Waals surface area contributed by atoms with Crippen molar-refractivity contribution in [1.29, 1.82) is 0 Å². The molecule has 2 aliphatic rings. The lowest BCUT2D eigenvalue weighted by Gasteiger charge is -2.33. The van der Waals surface area contributed by atoms with Crippen LogP contribution in [-0.2, 0) is 12.8 Å². The molecule has 2 fully saturated rings. The molecule has 1 N–H and O–H groups in total. The van der Waals surface area contributed by atoms with Crippen molar-refractivity contribution in [3.8, 4) is 0 Å². The lowest BCUT2D eigenvalue weighted by molar-refractivity contribution is 0.209. The molecule has 0 bridgehead atoms. The summed E-state index contributed by atoms with van der Waals surface area (Å²) in [4.78, 5) is 2.63. The third-order valence-corrected chi connectivity index (χ3v) is 4.61. The highest BCUT2D eigenvalue weighted by Gasteiger charge is 2.55. The van der Waals surface area contributed by atoms with Gasteiger partial charge in [-0.15, -0.1) is 0 Å². The van der Waals surface area contributed by atoms with Gasteiger partial charge in [0.25, 0.3) is 0 Å². The van der Waals surface area contributed by atoms with E-state index in [9.17, 15) is 0 Å². The first kappa shape index (κ1) is 12.1. The molecule has 4 rings (SSSR count). The van der Waals surface area contributed by atoms with Crippen molar-refractivity contribution in [3.05, 3.63) is 71.8 Å². The summed E-state index contributed by atoms with van der Waals surface area (Å²) in [6.45, 7) is 2.40. The molecule has 102 valence electrons. The van der Waals surface area contributed by atoms with E-state index in [4.69, 9.17) is 0 Å². The number of nitrogens with zero attached hydrogens (tertiary/aromatic N) is 1. The summed E-state index contributed by atoms with van der Waals surface area (Å²) in [5.41, 5.74) is 2.96. The van der Waals surface area contributed by atoms with Crippen LogP contribution in [0.25, 0.3) is 0 Å². The van der Waals surface area contributed by atoms with E-state index in [0.29, 0.717) is 0 Å². The van der Waals surface area contributed by atoms with Gasteiger partial charge < -0.3 is 0 Å². The second-order valence-corrected chi connectivity index (χ2v) is 6.04. The Morgan fingerprint density at radius 1 is 0.900 bits per heavy atom. The third-order valence-electron chi connectivity index (χ3n) is 4.61. The number of benzene rings is 2. The molecular formula is C18H20N2. The average molecular weight is 264 g/mol. The van der Waals surface area contributed by atoms with Crippen molar-refractivity contribution in [3.63, 3.8) is 0 Å². The van der Waals surface area contributed by atoms with E-state index in [1.165, 1.54) is 17.7 Å². The van der Waals surface area contributed by atoms with Crippen LogP contribution in [0.15, 0.2) is 60.7 Å². The summed E-state index contributed by atoms with van der Waals surface area (Å²) in [7, 11) is 0. The Hall–Kier alpha value is -1.64. The van der Waals surface area contributed by atoms with Crippen molar-refractivity contribution in [2.24, 2.45) is 0 Å². The number of hydrogen-bond donors (Lipinski definition) is 1. The molecule has 2 aromatic rings. The Bertz CT molecular complexity index is 537. The molecule has 2 aliphatic heterocycles. The minimum Gasteiger partial charge on any atom is -0.297 e. The van der Waals surface area contributed by atoms with Gasteiger partial charge >= 0.3 is 0 Å². The van der Waals surface area contributed by atoms with Gasteiger partial charge in [-0.1, -0.05) is 60.7 Å². The fraction of sp³-hybridized carbons (Fsp3) is 0.333. The molecule has 2 unspecified atom stereocenters. The molecule has 2 heteroatoms. The zero-order chi connectivity index (χ0) is 13.4. The SMILES string of the molecule is c1ccc(CC2(Cc3ccccc3)NCC3CN32)cc1. The van der Waals surface area contributed by atoms with Crippen LogP contribution in [0.2, 0.25) is 0 Å². The highest BCUT2D eigenvalue weighted by molar-refractivity contribution is 5.26. The van der Waals surface area contributed by atoms with Gasteiger partial charge in [0.1, 0.15) is 0 Å². The van der Waals surface area contributed by atoms with Crippen LogP contribution in [0.4, 0.5) is 0 Å². The molecule has 2 nitrogen and oxygen atoms in total. The highest BCUT2D eigenvalue weighted by atomic mass is 15.5. The van der Waals surface area contributed by atoms with Crippen molar-refractivity contribution in [2.45, 2.75) is 24.5 Å². The van der Waals surface area contributed by atoms with E-state index in [1.54, 1.807) is 0 Å². The molecule has 2 aromatic carbocycles. The summed E-state index contributed by atoms with van der Waals surface area (Å²) >= 11 is 0. The number of nitrogens with one attached hydrogen (secondary N) is 1. The molecule has 0 aliphatic carbocycles. The van der Waals surface area contributed by atoms with Gasteiger partial charge in [0.05, 0.1) is 5.66 Å². The summed E-state index contributed by atoms with van der Waals surface area (Å²) < 4.78 is 0. The van der Waals surface area contributed by atoms with Crippen LogP contribution < -0.4 is 5.32 Å². The Labute approximate surface area is 120 Å². The van der Waals surface area contributed by atoms with Crippen LogP contribution >= 0.6 is 0 Å². The zero-order valence-electron chi connectivity index (χ0n) is 11.6. The molecule has 2 heterocycles. The summed E-state index contributed by atoms with van der Waals surface area (Å²) in [5, 5.41) is 3.79. The topological polar surface area (TPSA) is 15.0 Å². The zero-order valence-corrected chi connectivity index (χ0v) is 11.6. The Morgan fingerprint density at radius 2 is 1.45 bits per heavy atom. The molecule has 0 spiro atoms. The first-order valence-electron chi connectivity index (χ1n) is 7.45. The maximum Gasteiger partial charge on any atom is 0.0799 e. The van der Waals surface area contributed by atoms with Gasteiger partial charge in [-0.05, 0) is 11.1 Å². The van der Waals surface area contributed by atoms with Crippen LogP contribution in [0.5, 0.6) is 0 Å². The summed E-state index contributed by atoms with van der Waals surface area (Å²) in [6.07, 6.45) is 2.17. The van der Waals surface area contributed by atoms with Crippen molar-refractivity contribution >= 4 is 0 Å². The first-order valence-corrected chi connectivity index (χ1v) is 7.45. The second kappa shape index (κ2) is 4.72. The molecule has 20 heavy (non-hydrogen) atoms. The third kappa shape index (κ3) is 2.15. The maximum atomic E-state index is 3.79. The Morgan fingerprint density at radius 3 is 1.85 bits per heavy atom. The van der Waals surface area contributed by atoms with Crippen LogP contribution in [0.3, 0.4) is 0 Å². The molecule has 2 atom stereocenters. The molecular weight excluding hydrogens is 244 g/mol. The minimum absolute atomic E-state index is 0.118. The number of rotatable bonds is 4. The van der Waals surface area contributed by atoms with E-state index in [0.717, 1.165) is 25.4 Å². The summed E-state index contributed by atoms with van der Waals surface area (Å²) in [5.74, 6) is 0. The van der Waals surface area contributed by atoms with E-state index in [2.05, 4.69) is 70.9 Å². The molecule has 0 amide bonds. The number of hydrogen-bond acceptors (Lipinski definition) is 2. The lowest BCUT2D eigenvalue weighted by atomic mass is 9.92. The molecule has 2 saturated heterocycles. The van der Waals surface area contributed by atoms with Crippen molar-refractivity contribution in [1.82, 2.24) is 10.2 Å². The van der Waals surface area contributed by atoms with E-state index in [1.807, 2.05) is 0 Å². The summed E-state index contributed by atoms with van der Waals surface area (Å²) in [6, 6.07) is 22.5. The van der Waals surface area contributed by atoms with Gasteiger partial charge in [-0.3, -0.25) is 10.2 Å². The van der Waals surface area contributed by atoms with E-state index < -0.39 is 0 Å². The predicted molar refractivity (Wildman–Crippen MR) is 81.5 cm³/mol. The fourth-order valence-corrected chi connectivity index (χ4v) is 3.55. The lowest BCUT2D eigenvalue weighted by Crippen LogP contribution is -2.51. The van der Waals surface area contributed by atoms with Crippen molar-refractivity contribution in [2.75, 3.05) is 13.1 Å². The predicted octanol–water partition coefficient (Wildman–Crippen LogP) is 2.46. The minimum atomic E-state index is 0.118. The molecule has 0 aromatic heterocycles. The smallest absolute Gasteiger partial charge is 0.0799 e. The van der Waals surface area contributed by atoms with Gasteiger partial charge in [0.15, 0.2) is 0 Å². The highest BCUT2D eigenvalue weighted by Crippen LogP contribution is 2.38. The standard InChI is InChI=1S/C18H20N2/c1-3-7-15(8-4-1)11-18(19-13-17-14-20(17)18)12-16-9-5-2-6-10-16/h1-10,17,19H,11-14H2. The first-order chi connectivity index (χ1) is 9.86. The Kier molecular flexibility index (Phi) is 2.86. The van der Waals surface area contributed by atoms with Crippen LogP contribution in [0.1, 0.15) is 11.1 Å².